The first kappa shape index (κ1) is 18.2. The molecule has 0 spiro atoms. The topological polar surface area (TPSA) is 58.1 Å². The SMILES string of the molecule is CCCN(CCC)C(=O)c1cnc(NCc2ccccc2Cl)nc1. The van der Waals surface area contributed by atoms with E-state index in [0.29, 0.717) is 23.1 Å². The molecule has 5 nitrogen and oxygen atoms in total. The first-order valence-corrected chi connectivity index (χ1v) is 8.62. The van der Waals surface area contributed by atoms with Crippen LogP contribution < -0.4 is 5.32 Å². The van der Waals surface area contributed by atoms with Crippen molar-refractivity contribution in [2.45, 2.75) is 33.2 Å². The van der Waals surface area contributed by atoms with Crippen molar-refractivity contribution in [1.29, 1.82) is 0 Å². The molecule has 0 atom stereocenters. The van der Waals surface area contributed by atoms with E-state index in [0.717, 1.165) is 31.5 Å². The average molecular weight is 347 g/mol. The van der Waals surface area contributed by atoms with Crippen molar-refractivity contribution in [3.8, 4) is 0 Å². The largest absolute Gasteiger partial charge is 0.350 e. The molecule has 24 heavy (non-hydrogen) atoms. The number of halogens is 1. The van der Waals surface area contributed by atoms with Crippen LogP contribution in [0.2, 0.25) is 5.02 Å². The second kappa shape index (κ2) is 9.23. The zero-order valence-electron chi connectivity index (χ0n) is 14.1. The maximum Gasteiger partial charge on any atom is 0.256 e. The molecule has 1 aromatic carbocycles. The molecule has 1 N–H and O–H groups in total. The van der Waals surface area contributed by atoms with Gasteiger partial charge in [-0.3, -0.25) is 4.79 Å². The first-order valence-electron chi connectivity index (χ1n) is 8.24. The fourth-order valence-electron chi connectivity index (χ4n) is 2.38. The van der Waals surface area contributed by atoms with E-state index in [4.69, 9.17) is 11.6 Å². The Hall–Kier alpha value is -2.14. The Morgan fingerprint density at radius 3 is 2.33 bits per heavy atom. The summed E-state index contributed by atoms with van der Waals surface area (Å²) in [4.78, 5) is 22.8. The fourth-order valence-corrected chi connectivity index (χ4v) is 2.59. The van der Waals surface area contributed by atoms with Crippen molar-refractivity contribution in [2.24, 2.45) is 0 Å². The Morgan fingerprint density at radius 1 is 1.12 bits per heavy atom. The molecule has 0 saturated carbocycles. The first-order chi connectivity index (χ1) is 11.7. The van der Waals surface area contributed by atoms with Gasteiger partial charge in [0.15, 0.2) is 0 Å². The molecular weight excluding hydrogens is 324 g/mol. The van der Waals surface area contributed by atoms with E-state index in [2.05, 4.69) is 29.1 Å². The van der Waals surface area contributed by atoms with Gasteiger partial charge in [-0.25, -0.2) is 9.97 Å². The number of aromatic nitrogens is 2. The third-order valence-electron chi connectivity index (χ3n) is 3.57. The summed E-state index contributed by atoms with van der Waals surface area (Å²) in [6.45, 7) is 6.16. The Balaban J connectivity index is 1.99. The van der Waals surface area contributed by atoms with Gasteiger partial charge in [0, 0.05) is 37.1 Å². The van der Waals surface area contributed by atoms with Gasteiger partial charge in [-0.1, -0.05) is 43.6 Å². The van der Waals surface area contributed by atoms with Crippen LogP contribution in [-0.2, 0) is 6.54 Å². The number of hydrogen-bond acceptors (Lipinski definition) is 4. The number of benzene rings is 1. The quantitative estimate of drug-likeness (QED) is 0.784. The summed E-state index contributed by atoms with van der Waals surface area (Å²) >= 11 is 6.12. The summed E-state index contributed by atoms with van der Waals surface area (Å²) in [5, 5.41) is 3.82. The number of rotatable bonds is 8. The van der Waals surface area contributed by atoms with Crippen LogP contribution >= 0.6 is 11.6 Å². The molecule has 0 aliphatic rings. The molecule has 0 bridgehead atoms. The summed E-state index contributed by atoms with van der Waals surface area (Å²) in [5.74, 6) is 0.459. The number of nitrogens with zero attached hydrogens (tertiary/aromatic N) is 3. The van der Waals surface area contributed by atoms with Gasteiger partial charge in [-0.15, -0.1) is 0 Å². The van der Waals surface area contributed by atoms with Gasteiger partial charge in [0.2, 0.25) is 5.95 Å². The molecule has 0 aliphatic heterocycles. The molecule has 6 heteroatoms. The summed E-state index contributed by atoms with van der Waals surface area (Å²) in [6.07, 6.45) is 5.01. The predicted octanol–water partition coefficient (Wildman–Crippen LogP) is 4.00. The molecule has 0 aliphatic carbocycles. The highest BCUT2D eigenvalue weighted by molar-refractivity contribution is 6.31. The number of hydrogen-bond donors (Lipinski definition) is 1. The van der Waals surface area contributed by atoms with Crippen LogP contribution in [0, 0.1) is 0 Å². The van der Waals surface area contributed by atoms with Crippen molar-refractivity contribution in [1.82, 2.24) is 14.9 Å². The van der Waals surface area contributed by atoms with Crippen LogP contribution in [-0.4, -0.2) is 33.9 Å². The molecule has 128 valence electrons. The highest BCUT2D eigenvalue weighted by Crippen LogP contribution is 2.16. The predicted molar refractivity (Wildman–Crippen MR) is 97.3 cm³/mol. The summed E-state index contributed by atoms with van der Waals surface area (Å²) in [5.41, 5.74) is 1.49. The number of amides is 1. The number of nitrogens with one attached hydrogen (secondary N) is 1. The van der Waals surface area contributed by atoms with Gasteiger partial charge in [0.1, 0.15) is 0 Å². The minimum absolute atomic E-state index is 0.0173. The molecule has 0 radical (unpaired) electrons. The lowest BCUT2D eigenvalue weighted by Crippen LogP contribution is -2.32. The maximum atomic E-state index is 12.5. The minimum atomic E-state index is -0.0173. The van der Waals surface area contributed by atoms with Gasteiger partial charge in [-0.2, -0.15) is 0 Å². The van der Waals surface area contributed by atoms with Gasteiger partial charge in [0.05, 0.1) is 5.56 Å². The monoisotopic (exact) mass is 346 g/mol. The standard InChI is InChI=1S/C18H23ClN4O/c1-3-9-23(10-4-2)17(24)15-12-21-18(22-13-15)20-11-14-7-5-6-8-16(14)19/h5-8,12-13H,3-4,9-11H2,1-2H3,(H,20,21,22). The molecule has 2 aromatic rings. The van der Waals surface area contributed by atoms with E-state index in [1.165, 1.54) is 0 Å². The molecule has 1 heterocycles. The second-order valence-corrected chi connectivity index (χ2v) is 5.94. The molecule has 0 fully saturated rings. The van der Waals surface area contributed by atoms with Crippen LogP contribution in [0.4, 0.5) is 5.95 Å². The van der Waals surface area contributed by atoms with Crippen LogP contribution in [0.3, 0.4) is 0 Å². The van der Waals surface area contributed by atoms with E-state index in [-0.39, 0.29) is 5.91 Å². The normalized spacial score (nSPS) is 10.5. The zero-order chi connectivity index (χ0) is 17.4. The number of carbonyl (C=O) groups is 1. The lowest BCUT2D eigenvalue weighted by atomic mass is 10.2. The van der Waals surface area contributed by atoms with E-state index in [9.17, 15) is 4.79 Å². The highest BCUT2D eigenvalue weighted by Gasteiger charge is 2.15. The lowest BCUT2D eigenvalue weighted by molar-refractivity contribution is 0.0754. The summed E-state index contributed by atoms with van der Waals surface area (Å²) in [6, 6.07) is 7.61. The van der Waals surface area contributed by atoms with Crippen molar-refractivity contribution >= 4 is 23.5 Å². The summed E-state index contributed by atoms with van der Waals surface area (Å²) < 4.78 is 0. The van der Waals surface area contributed by atoms with E-state index >= 15 is 0 Å². The van der Waals surface area contributed by atoms with Crippen LogP contribution in [0.1, 0.15) is 42.6 Å². The maximum absolute atomic E-state index is 12.5. The second-order valence-electron chi connectivity index (χ2n) is 5.53. The van der Waals surface area contributed by atoms with Crippen LogP contribution in [0.5, 0.6) is 0 Å². The van der Waals surface area contributed by atoms with Gasteiger partial charge >= 0.3 is 0 Å². The Morgan fingerprint density at radius 2 is 1.75 bits per heavy atom. The van der Waals surface area contributed by atoms with Crippen molar-refractivity contribution in [2.75, 3.05) is 18.4 Å². The van der Waals surface area contributed by atoms with E-state index in [1.807, 2.05) is 29.2 Å². The number of anilines is 1. The minimum Gasteiger partial charge on any atom is -0.350 e. The molecule has 0 saturated heterocycles. The van der Waals surface area contributed by atoms with Crippen molar-refractivity contribution in [3.63, 3.8) is 0 Å². The third kappa shape index (κ3) is 4.93. The van der Waals surface area contributed by atoms with Crippen LogP contribution in [0.25, 0.3) is 0 Å². The molecular formula is C18H23ClN4O. The third-order valence-corrected chi connectivity index (χ3v) is 3.94. The van der Waals surface area contributed by atoms with Gasteiger partial charge in [-0.05, 0) is 24.5 Å². The molecule has 1 amide bonds. The van der Waals surface area contributed by atoms with Gasteiger partial charge in [0.25, 0.3) is 5.91 Å². The Kier molecular flexibility index (Phi) is 7.00. The summed E-state index contributed by atoms with van der Waals surface area (Å²) in [7, 11) is 0. The van der Waals surface area contributed by atoms with E-state index < -0.39 is 0 Å². The molecule has 1 aromatic heterocycles. The number of carbonyl (C=O) groups excluding carboxylic acids is 1. The van der Waals surface area contributed by atoms with E-state index in [1.54, 1.807) is 12.4 Å². The van der Waals surface area contributed by atoms with Gasteiger partial charge < -0.3 is 10.2 Å². The highest BCUT2D eigenvalue weighted by atomic mass is 35.5. The smallest absolute Gasteiger partial charge is 0.256 e. The lowest BCUT2D eigenvalue weighted by Gasteiger charge is -2.21. The average Bonchev–Trinajstić information content (AvgIpc) is 2.61. The van der Waals surface area contributed by atoms with Crippen molar-refractivity contribution in [3.05, 3.63) is 52.8 Å². The molecule has 0 unspecified atom stereocenters. The zero-order valence-corrected chi connectivity index (χ0v) is 14.9. The molecule has 2 rings (SSSR count). The fraction of sp³-hybridized carbons (Fsp3) is 0.389. The Labute approximate surface area is 148 Å². The van der Waals surface area contributed by atoms with Crippen LogP contribution in [0.15, 0.2) is 36.7 Å². The Bertz CT molecular complexity index is 654. The van der Waals surface area contributed by atoms with Crippen molar-refractivity contribution < 1.29 is 4.79 Å².